The van der Waals surface area contributed by atoms with Crippen molar-refractivity contribution in [1.82, 2.24) is 0 Å². The molecule has 10 heteroatoms. The fourth-order valence-corrected chi connectivity index (χ4v) is 5.52. The number of phenolic OH excluding ortho intramolecular Hbond substituents is 1. The zero-order chi connectivity index (χ0) is 31.4. The molecule has 0 aromatic heterocycles. The summed E-state index contributed by atoms with van der Waals surface area (Å²) in [5, 5.41) is 12.5. The minimum atomic E-state index is -0.856. The minimum absolute atomic E-state index is 0.104. The van der Waals surface area contributed by atoms with Gasteiger partial charge in [-0.05, 0) is 47.4 Å². The van der Waals surface area contributed by atoms with Gasteiger partial charge in [0.1, 0.15) is 11.5 Å². The third kappa shape index (κ3) is 5.84. The van der Waals surface area contributed by atoms with Crippen molar-refractivity contribution in [2.75, 3.05) is 38.7 Å². The summed E-state index contributed by atoms with van der Waals surface area (Å²) in [6.45, 7) is 0. The van der Waals surface area contributed by atoms with Gasteiger partial charge in [0.15, 0.2) is 11.5 Å². The molecule has 0 unspecified atom stereocenters. The van der Waals surface area contributed by atoms with Gasteiger partial charge < -0.3 is 40.0 Å². The van der Waals surface area contributed by atoms with Crippen LogP contribution in [0.25, 0.3) is 0 Å². The number of nitrogens with two attached hydrogens (primary N) is 1. The molecule has 1 aliphatic rings. The largest absolute Gasteiger partial charge is 0.508 e. The number of phenols is 1. The molecule has 1 heterocycles. The molecule has 0 bridgehead atoms. The first-order chi connectivity index (χ1) is 21.3. The second-order valence-electron chi connectivity index (χ2n) is 10.4. The van der Waals surface area contributed by atoms with Gasteiger partial charge in [0.05, 0.1) is 57.8 Å². The molecule has 4 N–H and O–H groups in total. The highest BCUT2D eigenvalue weighted by Crippen LogP contribution is 2.52. The Kier molecular flexibility index (Phi) is 8.91. The van der Waals surface area contributed by atoms with Gasteiger partial charge >= 0.3 is 0 Å². The highest BCUT2D eigenvalue weighted by atomic mass is 16.5. The van der Waals surface area contributed by atoms with Crippen LogP contribution in [-0.2, 0) is 16.0 Å². The van der Waals surface area contributed by atoms with E-state index in [0.29, 0.717) is 34.4 Å². The minimum Gasteiger partial charge on any atom is -0.508 e. The molecule has 1 fully saturated rings. The predicted octanol–water partition coefficient (Wildman–Crippen LogP) is 4.81. The number of carbonyl (C=O) groups is 2. The fourth-order valence-electron chi connectivity index (χ4n) is 5.52. The lowest BCUT2D eigenvalue weighted by atomic mass is 9.77. The molecular formula is C34H35N3O7. The summed E-state index contributed by atoms with van der Waals surface area (Å²) < 4.78 is 22.2. The maximum absolute atomic E-state index is 13.9. The number of nitrogens with zero attached hydrogens (tertiary/aromatic N) is 1. The van der Waals surface area contributed by atoms with E-state index in [9.17, 15) is 14.7 Å². The Balaban J connectivity index is 1.51. The number of rotatable bonds is 11. The van der Waals surface area contributed by atoms with Crippen LogP contribution in [-0.4, -0.2) is 51.4 Å². The highest BCUT2D eigenvalue weighted by Gasteiger charge is 2.50. The number of hydrogen-bond acceptors (Lipinski definition) is 8. The topological polar surface area (TPSA) is 133 Å². The first-order valence-electron chi connectivity index (χ1n) is 14.0. The number of ether oxygens (including phenoxy) is 4. The normalized spacial score (nSPS) is 16.5. The molecule has 0 aliphatic carbocycles. The average Bonchev–Trinajstić information content (AvgIpc) is 3.04. The van der Waals surface area contributed by atoms with Crippen LogP contribution in [0.1, 0.15) is 28.7 Å². The Morgan fingerprint density at radius 1 is 0.841 bits per heavy atom. The van der Waals surface area contributed by atoms with Gasteiger partial charge in [-0.3, -0.25) is 9.59 Å². The number of amides is 2. The molecule has 1 aliphatic heterocycles. The molecule has 228 valence electrons. The lowest BCUT2D eigenvalue weighted by Crippen LogP contribution is -2.53. The molecule has 5 rings (SSSR count). The number of hydrogen-bond donors (Lipinski definition) is 3. The summed E-state index contributed by atoms with van der Waals surface area (Å²) in [5.74, 6) is 0.846. The van der Waals surface area contributed by atoms with Gasteiger partial charge in [0.2, 0.25) is 17.6 Å². The van der Waals surface area contributed by atoms with Gasteiger partial charge in [-0.2, -0.15) is 0 Å². The monoisotopic (exact) mass is 597 g/mol. The fraction of sp³-hybridized carbons (Fsp3) is 0.235. The van der Waals surface area contributed by atoms with Crippen molar-refractivity contribution >= 4 is 23.2 Å². The van der Waals surface area contributed by atoms with Crippen molar-refractivity contribution < 1.29 is 33.6 Å². The number of benzene rings is 4. The van der Waals surface area contributed by atoms with Gasteiger partial charge in [0, 0.05) is 12.1 Å². The first kappa shape index (κ1) is 30.2. The van der Waals surface area contributed by atoms with Crippen molar-refractivity contribution in [3.05, 3.63) is 102 Å². The van der Waals surface area contributed by atoms with E-state index in [-0.39, 0.29) is 18.1 Å². The quantitative estimate of drug-likeness (QED) is 0.210. The smallest absolute Gasteiger partial charge is 0.241 e. The van der Waals surface area contributed by atoms with E-state index in [1.165, 1.54) is 28.4 Å². The molecule has 0 saturated carbocycles. The number of aromatic hydroxyl groups is 1. The van der Waals surface area contributed by atoms with Crippen LogP contribution in [0.3, 0.4) is 0 Å². The molecule has 2 amide bonds. The summed E-state index contributed by atoms with van der Waals surface area (Å²) in [6, 6.07) is 23.7. The maximum atomic E-state index is 13.9. The SMILES string of the molecule is COc1ccc([C@H]2[C@H](c3ccccc3)C(=O)N2c2cc(OC)c(OC)c(OC)c2)cc1NC(=O)[C@@H](N)Cc1ccc(O)cc1. The van der Waals surface area contributed by atoms with E-state index in [2.05, 4.69) is 5.32 Å². The number of methoxy groups -OCH3 is 4. The van der Waals surface area contributed by atoms with E-state index in [4.69, 9.17) is 24.7 Å². The zero-order valence-corrected chi connectivity index (χ0v) is 24.9. The molecule has 44 heavy (non-hydrogen) atoms. The Hall–Kier alpha value is -5.22. The summed E-state index contributed by atoms with van der Waals surface area (Å²) in [6.07, 6.45) is 0.274. The second-order valence-corrected chi connectivity index (χ2v) is 10.4. The van der Waals surface area contributed by atoms with Crippen LogP contribution in [0.5, 0.6) is 28.7 Å². The summed E-state index contributed by atoms with van der Waals surface area (Å²) in [7, 11) is 6.08. The van der Waals surface area contributed by atoms with Crippen LogP contribution in [0, 0.1) is 0 Å². The predicted molar refractivity (Wildman–Crippen MR) is 167 cm³/mol. The van der Waals surface area contributed by atoms with Crippen molar-refractivity contribution in [2.45, 2.75) is 24.4 Å². The van der Waals surface area contributed by atoms with Crippen molar-refractivity contribution in [2.24, 2.45) is 5.73 Å². The van der Waals surface area contributed by atoms with Gasteiger partial charge in [-0.15, -0.1) is 0 Å². The number of anilines is 2. The molecule has 3 atom stereocenters. The summed E-state index contributed by atoms with van der Waals surface area (Å²) >= 11 is 0. The highest BCUT2D eigenvalue weighted by molar-refractivity contribution is 6.07. The van der Waals surface area contributed by atoms with Gasteiger partial charge in [-0.1, -0.05) is 48.5 Å². The molecular weight excluding hydrogens is 562 g/mol. The van der Waals surface area contributed by atoms with E-state index >= 15 is 0 Å². The molecule has 10 nitrogen and oxygen atoms in total. The molecule has 4 aromatic rings. The number of β-lactam (4-membered cyclic amide) rings is 1. The van der Waals surface area contributed by atoms with E-state index in [1.807, 2.05) is 42.5 Å². The molecule has 1 saturated heterocycles. The maximum Gasteiger partial charge on any atom is 0.241 e. The molecule has 0 radical (unpaired) electrons. The van der Waals surface area contributed by atoms with Crippen LogP contribution < -0.4 is 34.9 Å². The molecule has 0 spiro atoms. The van der Waals surface area contributed by atoms with E-state index in [1.54, 1.807) is 47.4 Å². The zero-order valence-electron chi connectivity index (χ0n) is 24.9. The number of nitrogens with one attached hydrogen (secondary N) is 1. The summed E-state index contributed by atoms with van der Waals surface area (Å²) in [5.41, 5.74) is 9.69. The Morgan fingerprint density at radius 3 is 2.07 bits per heavy atom. The third-order valence-corrected chi connectivity index (χ3v) is 7.74. The Bertz CT molecular complexity index is 1620. The average molecular weight is 598 g/mol. The Labute approximate surface area is 255 Å². The van der Waals surface area contributed by atoms with Crippen LogP contribution in [0.15, 0.2) is 84.9 Å². The third-order valence-electron chi connectivity index (χ3n) is 7.74. The van der Waals surface area contributed by atoms with E-state index < -0.39 is 23.9 Å². The summed E-state index contributed by atoms with van der Waals surface area (Å²) in [4.78, 5) is 28.7. The van der Waals surface area contributed by atoms with Gasteiger partial charge in [-0.25, -0.2) is 0 Å². The van der Waals surface area contributed by atoms with Gasteiger partial charge in [0.25, 0.3) is 0 Å². The first-order valence-corrected chi connectivity index (χ1v) is 14.0. The Morgan fingerprint density at radius 2 is 1.48 bits per heavy atom. The van der Waals surface area contributed by atoms with E-state index in [0.717, 1.165) is 16.7 Å². The van der Waals surface area contributed by atoms with Crippen molar-refractivity contribution in [3.8, 4) is 28.7 Å². The van der Waals surface area contributed by atoms with Crippen LogP contribution >= 0.6 is 0 Å². The van der Waals surface area contributed by atoms with Crippen molar-refractivity contribution in [1.29, 1.82) is 0 Å². The lowest BCUT2D eigenvalue weighted by Gasteiger charge is -2.48. The number of carbonyl (C=O) groups excluding carboxylic acids is 2. The van der Waals surface area contributed by atoms with Crippen molar-refractivity contribution in [3.63, 3.8) is 0 Å². The molecule has 4 aromatic carbocycles. The second kappa shape index (κ2) is 13.0. The standard InChI is InChI=1S/C34H35N3O7/c1-41-27-15-12-22(17-26(27)36-33(39)25(35)16-20-10-13-24(38)14-11-20)31-30(21-8-6-5-7-9-21)34(40)37(31)23-18-28(42-2)32(44-4)29(19-23)43-3/h5-15,17-19,25,30-31,38H,16,35H2,1-4H3,(H,36,39)/t25-,30-,31-/m0/s1. The van der Waals surface area contributed by atoms with Crippen LogP contribution in [0.4, 0.5) is 11.4 Å². The van der Waals surface area contributed by atoms with Crippen LogP contribution in [0.2, 0.25) is 0 Å². The lowest BCUT2D eigenvalue weighted by molar-refractivity contribution is -0.126.